The van der Waals surface area contributed by atoms with Crippen molar-refractivity contribution < 1.29 is 14.3 Å². The minimum Gasteiger partial charge on any atom is -0.497 e. The number of carbonyl (C=O) groups is 1. The van der Waals surface area contributed by atoms with Gasteiger partial charge in [0.2, 0.25) is 0 Å². The Morgan fingerprint density at radius 2 is 1.86 bits per heavy atom. The number of hydrogen-bond donors (Lipinski definition) is 3. The number of nitrogens with one attached hydrogen (secondary N) is 3. The highest BCUT2D eigenvalue weighted by molar-refractivity contribution is 5.94. The highest BCUT2D eigenvalue weighted by atomic mass is 16.5. The summed E-state index contributed by atoms with van der Waals surface area (Å²) in [6.07, 6.45) is 0. The third kappa shape index (κ3) is 6.45. The Morgan fingerprint density at radius 3 is 2.55 bits per heavy atom. The third-order valence-corrected chi connectivity index (χ3v) is 2.86. The van der Waals surface area contributed by atoms with Crippen molar-refractivity contribution in [3.8, 4) is 5.75 Å². The molecule has 0 saturated carbocycles. The van der Waals surface area contributed by atoms with E-state index in [1.54, 1.807) is 45.5 Å². The van der Waals surface area contributed by atoms with Crippen molar-refractivity contribution in [1.82, 2.24) is 16.0 Å². The topological polar surface area (TPSA) is 84.0 Å². The van der Waals surface area contributed by atoms with E-state index < -0.39 is 0 Å². The fraction of sp³-hybridized carbons (Fsp3) is 0.467. The molecule has 1 amide bonds. The maximum absolute atomic E-state index is 12.0. The van der Waals surface area contributed by atoms with Crippen LogP contribution in [0.3, 0.4) is 0 Å². The van der Waals surface area contributed by atoms with E-state index in [0.717, 1.165) is 0 Å². The second-order valence-electron chi connectivity index (χ2n) is 4.41. The van der Waals surface area contributed by atoms with Gasteiger partial charge in [0.1, 0.15) is 5.75 Å². The number of hydrogen-bond acceptors (Lipinski definition) is 4. The van der Waals surface area contributed by atoms with Gasteiger partial charge in [-0.25, -0.2) is 0 Å². The van der Waals surface area contributed by atoms with Crippen LogP contribution < -0.4 is 20.7 Å². The molecule has 0 spiro atoms. The molecule has 0 atom stereocenters. The van der Waals surface area contributed by atoms with Crippen molar-refractivity contribution in [3.63, 3.8) is 0 Å². The summed E-state index contributed by atoms with van der Waals surface area (Å²) in [6.45, 7) is 2.34. The molecule has 0 bridgehead atoms. The van der Waals surface area contributed by atoms with Crippen LogP contribution in [0.2, 0.25) is 0 Å². The minimum absolute atomic E-state index is 0.136. The van der Waals surface area contributed by atoms with E-state index in [2.05, 4.69) is 20.9 Å². The van der Waals surface area contributed by atoms with E-state index in [0.29, 0.717) is 43.5 Å². The lowest BCUT2D eigenvalue weighted by Gasteiger charge is -2.12. The highest BCUT2D eigenvalue weighted by Gasteiger charge is 2.05. The number of ether oxygens (including phenoxy) is 2. The number of methoxy groups -OCH3 is 2. The number of nitrogens with zero attached hydrogens (tertiary/aromatic N) is 1. The largest absolute Gasteiger partial charge is 0.497 e. The first-order chi connectivity index (χ1) is 10.7. The first-order valence-corrected chi connectivity index (χ1v) is 7.07. The van der Waals surface area contributed by atoms with Crippen LogP contribution in [-0.4, -0.2) is 59.4 Å². The van der Waals surface area contributed by atoms with Crippen LogP contribution in [0.15, 0.2) is 29.3 Å². The standard InChI is InChI=1S/C15H24N4O3/c1-16-15(19-9-10-21-2)18-8-7-17-14(20)12-5-4-6-13(11-12)22-3/h4-6,11H,7-10H2,1-3H3,(H,17,20)(H2,16,18,19). The Morgan fingerprint density at radius 1 is 1.14 bits per heavy atom. The molecule has 0 fully saturated rings. The fourth-order valence-corrected chi connectivity index (χ4v) is 1.72. The van der Waals surface area contributed by atoms with Gasteiger partial charge >= 0.3 is 0 Å². The zero-order valence-corrected chi connectivity index (χ0v) is 13.3. The molecule has 1 aromatic rings. The molecule has 1 aromatic carbocycles. The van der Waals surface area contributed by atoms with Gasteiger partial charge in [-0.05, 0) is 18.2 Å². The molecule has 1 rings (SSSR count). The maximum atomic E-state index is 12.0. The molecule has 122 valence electrons. The zero-order chi connectivity index (χ0) is 16.2. The SMILES string of the molecule is CN=C(NCCNC(=O)c1cccc(OC)c1)NCCOC. The van der Waals surface area contributed by atoms with E-state index in [9.17, 15) is 4.79 Å². The number of rotatable bonds is 8. The van der Waals surface area contributed by atoms with Gasteiger partial charge in [-0.1, -0.05) is 6.07 Å². The third-order valence-electron chi connectivity index (χ3n) is 2.86. The highest BCUT2D eigenvalue weighted by Crippen LogP contribution is 2.11. The maximum Gasteiger partial charge on any atom is 0.251 e. The lowest BCUT2D eigenvalue weighted by Crippen LogP contribution is -2.42. The van der Waals surface area contributed by atoms with Crippen LogP contribution in [0.25, 0.3) is 0 Å². The molecule has 22 heavy (non-hydrogen) atoms. The first-order valence-electron chi connectivity index (χ1n) is 7.07. The number of carbonyl (C=O) groups excluding carboxylic acids is 1. The lowest BCUT2D eigenvalue weighted by atomic mass is 10.2. The second kappa shape index (κ2) is 10.4. The minimum atomic E-state index is -0.136. The zero-order valence-electron chi connectivity index (χ0n) is 13.3. The summed E-state index contributed by atoms with van der Waals surface area (Å²) in [5.41, 5.74) is 0.571. The van der Waals surface area contributed by atoms with Gasteiger partial charge < -0.3 is 25.4 Å². The van der Waals surface area contributed by atoms with E-state index in [1.807, 2.05) is 0 Å². The monoisotopic (exact) mass is 308 g/mol. The molecule has 0 unspecified atom stereocenters. The van der Waals surface area contributed by atoms with Crippen molar-refractivity contribution in [2.75, 3.05) is 47.5 Å². The molecule has 0 aliphatic carbocycles. The van der Waals surface area contributed by atoms with Gasteiger partial charge in [0.15, 0.2) is 5.96 Å². The quantitative estimate of drug-likeness (QED) is 0.364. The molecule has 0 aliphatic rings. The van der Waals surface area contributed by atoms with E-state index in [4.69, 9.17) is 9.47 Å². The molecule has 0 heterocycles. The van der Waals surface area contributed by atoms with E-state index >= 15 is 0 Å². The van der Waals surface area contributed by atoms with Crippen LogP contribution in [0.4, 0.5) is 0 Å². The number of aliphatic imine (C=N–C) groups is 1. The van der Waals surface area contributed by atoms with Crippen molar-refractivity contribution >= 4 is 11.9 Å². The Bertz CT molecular complexity index is 491. The summed E-state index contributed by atoms with van der Waals surface area (Å²) in [6, 6.07) is 7.03. The molecule has 0 radical (unpaired) electrons. The van der Waals surface area contributed by atoms with Crippen molar-refractivity contribution in [3.05, 3.63) is 29.8 Å². The molecule has 7 heteroatoms. The van der Waals surface area contributed by atoms with Crippen LogP contribution in [0.1, 0.15) is 10.4 Å². The van der Waals surface area contributed by atoms with Gasteiger partial charge in [-0.3, -0.25) is 9.79 Å². The molecular weight excluding hydrogens is 284 g/mol. The molecule has 0 saturated heterocycles. The average molecular weight is 308 g/mol. The van der Waals surface area contributed by atoms with Crippen molar-refractivity contribution in [2.45, 2.75) is 0 Å². The fourth-order valence-electron chi connectivity index (χ4n) is 1.72. The molecular formula is C15H24N4O3. The van der Waals surface area contributed by atoms with Crippen molar-refractivity contribution in [2.24, 2.45) is 4.99 Å². The van der Waals surface area contributed by atoms with Gasteiger partial charge in [0.25, 0.3) is 5.91 Å². The summed E-state index contributed by atoms with van der Waals surface area (Å²) in [5, 5.41) is 9.02. The molecule has 3 N–H and O–H groups in total. The van der Waals surface area contributed by atoms with Gasteiger partial charge in [0.05, 0.1) is 13.7 Å². The van der Waals surface area contributed by atoms with E-state index in [1.165, 1.54) is 0 Å². The van der Waals surface area contributed by atoms with Crippen LogP contribution in [0, 0.1) is 0 Å². The second-order valence-corrected chi connectivity index (χ2v) is 4.41. The molecule has 7 nitrogen and oxygen atoms in total. The van der Waals surface area contributed by atoms with Crippen molar-refractivity contribution in [1.29, 1.82) is 0 Å². The van der Waals surface area contributed by atoms with Gasteiger partial charge in [-0.15, -0.1) is 0 Å². The average Bonchev–Trinajstić information content (AvgIpc) is 2.56. The Balaban J connectivity index is 2.29. The number of amides is 1. The normalized spacial score (nSPS) is 11.0. The van der Waals surface area contributed by atoms with Crippen LogP contribution in [0.5, 0.6) is 5.75 Å². The smallest absolute Gasteiger partial charge is 0.251 e. The Hall–Kier alpha value is -2.28. The molecule has 0 aromatic heterocycles. The lowest BCUT2D eigenvalue weighted by molar-refractivity contribution is 0.0954. The predicted octanol–water partition coefficient (Wildman–Crippen LogP) is 0.236. The van der Waals surface area contributed by atoms with Gasteiger partial charge in [0, 0.05) is 39.4 Å². The predicted molar refractivity (Wildman–Crippen MR) is 86.6 cm³/mol. The van der Waals surface area contributed by atoms with Gasteiger partial charge in [-0.2, -0.15) is 0 Å². The van der Waals surface area contributed by atoms with Crippen LogP contribution in [-0.2, 0) is 4.74 Å². The summed E-state index contributed by atoms with van der Waals surface area (Å²) in [4.78, 5) is 16.0. The Kier molecular flexibility index (Phi) is 8.44. The number of guanidine groups is 1. The summed E-state index contributed by atoms with van der Waals surface area (Å²) >= 11 is 0. The van der Waals surface area contributed by atoms with Crippen LogP contribution >= 0.6 is 0 Å². The Labute approximate surface area is 131 Å². The molecule has 0 aliphatic heterocycles. The summed E-state index contributed by atoms with van der Waals surface area (Å²) < 4.78 is 10.0. The number of benzene rings is 1. The van der Waals surface area contributed by atoms with E-state index in [-0.39, 0.29) is 5.91 Å². The first kappa shape index (κ1) is 17.8. The summed E-state index contributed by atoms with van der Waals surface area (Å²) in [5.74, 6) is 1.20. The summed E-state index contributed by atoms with van der Waals surface area (Å²) in [7, 11) is 4.91.